The predicted octanol–water partition coefficient (Wildman–Crippen LogP) is 2.52. The molecule has 0 aliphatic rings. The molecule has 1 aromatic carbocycles. The highest BCUT2D eigenvalue weighted by Crippen LogP contribution is 2.26. The monoisotopic (exact) mass is 206 g/mol. The molecule has 3 nitrogen and oxygen atoms in total. The Hall–Kier alpha value is -1.77. The van der Waals surface area contributed by atoms with Crippen LogP contribution in [0.2, 0.25) is 0 Å². The Balaban J connectivity index is 3.27. The number of methoxy groups -OCH3 is 1. The van der Waals surface area contributed by atoms with Crippen molar-refractivity contribution in [3.05, 3.63) is 34.9 Å². The molecule has 1 N–H and O–H groups in total. The van der Waals surface area contributed by atoms with Gasteiger partial charge >= 0.3 is 5.97 Å². The number of esters is 1. The smallest absolute Gasteiger partial charge is 0.338 e. The number of benzene rings is 1. The summed E-state index contributed by atoms with van der Waals surface area (Å²) < 4.78 is 4.60. The molecule has 15 heavy (non-hydrogen) atoms. The zero-order valence-electron chi connectivity index (χ0n) is 9.07. The number of hydrogen-bond acceptors (Lipinski definition) is 3. The van der Waals surface area contributed by atoms with Crippen LogP contribution in [0.25, 0.3) is 6.08 Å². The summed E-state index contributed by atoms with van der Waals surface area (Å²) >= 11 is 0. The lowest BCUT2D eigenvalue weighted by atomic mass is 10.0. The Kier molecular flexibility index (Phi) is 3.50. The minimum atomic E-state index is -0.435. The van der Waals surface area contributed by atoms with E-state index >= 15 is 0 Å². The van der Waals surface area contributed by atoms with E-state index in [0.717, 1.165) is 0 Å². The molecule has 0 fully saturated rings. The Bertz CT molecular complexity index is 406. The fourth-order valence-corrected chi connectivity index (χ4v) is 1.37. The SMILES string of the molecule is C/C=C/c1ccc(C(=O)OC)c(C)c1O. The fourth-order valence-electron chi connectivity index (χ4n) is 1.37. The van der Waals surface area contributed by atoms with E-state index in [4.69, 9.17) is 0 Å². The molecule has 0 bridgehead atoms. The summed E-state index contributed by atoms with van der Waals surface area (Å²) in [4.78, 5) is 11.3. The third kappa shape index (κ3) is 2.18. The van der Waals surface area contributed by atoms with Crippen LogP contribution in [0.1, 0.15) is 28.4 Å². The van der Waals surface area contributed by atoms with Crippen LogP contribution in [0.4, 0.5) is 0 Å². The second-order valence-corrected chi connectivity index (χ2v) is 3.17. The summed E-state index contributed by atoms with van der Waals surface area (Å²) in [5, 5.41) is 9.79. The summed E-state index contributed by atoms with van der Waals surface area (Å²) in [5.74, 6) is -0.314. The first-order valence-corrected chi connectivity index (χ1v) is 4.65. The van der Waals surface area contributed by atoms with Gasteiger partial charge in [0, 0.05) is 11.1 Å². The van der Waals surface area contributed by atoms with Gasteiger partial charge in [-0.2, -0.15) is 0 Å². The van der Waals surface area contributed by atoms with E-state index < -0.39 is 5.97 Å². The van der Waals surface area contributed by atoms with E-state index in [2.05, 4.69) is 4.74 Å². The van der Waals surface area contributed by atoms with Crippen LogP contribution in [0.15, 0.2) is 18.2 Å². The number of carbonyl (C=O) groups is 1. The van der Waals surface area contributed by atoms with Crippen molar-refractivity contribution < 1.29 is 14.6 Å². The van der Waals surface area contributed by atoms with E-state index in [1.165, 1.54) is 7.11 Å². The van der Waals surface area contributed by atoms with Crippen molar-refractivity contribution in [2.45, 2.75) is 13.8 Å². The van der Waals surface area contributed by atoms with Gasteiger partial charge in [0.15, 0.2) is 0 Å². The number of phenolic OH excluding ortho intramolecular Hbond substituents is 1. The zero-order valence-corrected chi connectivity index (χ0v) is 9.07. The van der Waals surface area contributed by atoms with Crippen molar-refractivity contribution >= 4 is 12.0 Å². The summed E-state index contributed by atoms with van der Waals surface area (Å²) in [7, 11) is 1.32. The predicted molar refractivity (Wildman–Crippen MR) is 58.9 cm³/mol. The number of allylic oxidation sites excluding steroid dienone is 1. The molecule has 80 valence electrons. The van der Waals surface area contributed by atoms with Gasteiger partial charge in [-0.1, -0.05) is 18.2 Å². The van der Waals surface area contributed by atoms with Crippen LogP contribution in [-0.2, 0) is 4.74 Å². The number of rotatable bonds is 2. The van der Waals surface area contributed by atoms with Crippen molar-refractivity contribution in [2.24, 2.45) is 0 Å². The molecule has 0 unspecified atom stereocenters. The fraction of sp³-hybridized carbons (Fsp3) is 0.250. The van der Waals surface area contributed by atoms with E-state index in [0.29, 0.717) is 16.7 Å². The summed E-state index contributed by atoms with van der Waals surface area (Å²) in [6.07, 6.45) is 3.61. The van der Waals surface area contributed by atoms with Crippen molar-refractivity contribution in [1.82, 2.24) is 0 Å². The van der Waals surface area contributed by atoms with Gasteiger partial charge < -0.3 is 9.84 Å². The third-order valence-electron chi connectivity index (χ3n) is 2.21. The quantitative estimate of drug-likeness (QED) is 0.756. The molecule has 0 atom stereocenters. The van der Waals surface area contributed by atoms with Gasteiger partial charge in [-0.25, -0.2) is 4.79 Å². The first-order valence-electron chi connectivity index (χ1n) is 4.65. The van der Waals surface area contributed by atoms with Gasteiger partial charge in [-0.3, -0.25) is 0 Å². The zero-order chi connectivity index (χ0) is 11.4. The molecule has 0 aromatic heterocycles. The average Bonchev–Trinajstić information content (AvgIpc) is 2.24. The number of phenols is 1. The van der Waals surface area contributed by atoms with Crippen molar-refractivity contribution in [1.29, 1.82) is 0 Å². The summed E-state index contributed by atoms with van der Waals surface area (Å²) in [6, 6.07) is 3.34. The van der Waals surface area contributed by atoms with Gasteiger partial charge in [0.1, 0.15) is 5.75 Å². The number of hydrogen-bond donors (Lipinski definition) is 1. The lowest BCUT2D eigenvalue weighted by Gasteiger charge is -2.08. The normalized spacial score (nSPS) is 10.6. The second kappa shape index (κ2) is 4.64. The van der Waals surface area contributed by atoms with Gasteiger partial charge in [-0.05, 0) is 19.9 Å². The maximum absolute atomic E-state index is 11.3. The maximum Gasteiger partial charge on any atom is 0.338 e. The van der Waals surface area contributed by atoms with Crippen molar-refractivity contribution in [3.8, 4) is 5.75 Å². The molecule has 0 saturated heterocycles. The molecule has 0 radical (unpaired) electrons. The minimum Gasteiger partial charge on any atom is -0.507 e. The Morgan fingerprint density at radius 1 is 1.47 bits per heavy atom. The molecule has 1 rings (SSSR count). The van der Waals surface area contributed by atoms with Crippen LogP contribution < -0.4 is 0 Å². The molecular formula is C12H14O3. The second-order valence-electron chi connectivity index (χ2n) is 3.17. The van der Waals surface area contributed by atoms with Gasteiger partial charge in [0.05, 0.1) is 12.7 Å². The molecule has 0 heterocycles. The molecule has 0 aliphatic carbocycles. The number of aromatic hydroxyl groups is 1. The Morgan fingerprint density at radius 2 is 2.13 bits per heavy atom. The van der Waals surface area contributed by atoms with Gasteiger partial charge in [-0.15, -0.1) is 0 Å². The average molecular weight is 206 g/mol. The summed E-state index contributed by atoms with van der Waals surface area (Å²) in [6.45, 7) is 3.55. The van der Waals surface area contributed by atoms with Crippen LogP contribution in [-0.4, -0.2) is 18.2 Å². The van der Waals surface area contributed by atoms with Gasteiger partial charge in [0.2, 0.25) is 0 Å². The van der Waals surface area contributed by atoms with Crippen LogP contribution in [0, 0.1) is 6.92 Å². The topological polar surface area (TPSA) is 46.5 Å². The maximum atomic E-state index is 11.3. The van der Waals surface area contributed by atoms with Gasteiger partial charge in [0.25, 0.3) is 0 Å². The lowest BCUT2D eigenvalue weighted by Crippen LogP contribution is -2.04. The molecule has 1 aromatic rings. The molecular weight excluding hydrogens is 192 g/mol. The van der Waals surface area contributed by atoms with E-state index in [1.54, 1.807) is 25.1 Å². The highest BCUT2D eigenvalue weighted by atomic mass is 16.5. The highest BCUT2D eigenvalue weighted by Gasteiger charge is 2.13. The Morgan fingerprint density at radius 3 is 2.67 bits per heavy atom. The summed E-state index contributed by atoms with van der Waals surface area (Å²) in [5.41, 5.74) is 1.63. The number of carbonyl (C=O) groups excluding carboxylic acids is 1. The Labute approximate surface area is 89.0 Å². The third-order valence-corrected chi connectivity index (χ3v) is 2.21. The molecule has 0 amide bonds. The lowest BCUT2D eigenvalue weighted by molar-refractivity contribution is 0.0599. The molecule has 0 aliphatic heterocycles. The first-order chi connectivity index (χ1) is 7.11. The van der Waals surface area contributed by atoms with Crippen molar-refractivity contribution in [2.75, 3.05) is 7.11 Å². The molecule has 0 spiro atoms. The van der Waals surface area contributed by atoms with Crippen LogP contribution >= 0.6 is 0 Å². The first kappa shape index (κ1) is 11.3. The van der Waals surface area contributed by atoms with Crippen LogP contribution in [0.5, 0.6) is 5.75 Å². The van der Waals surface area contributed by atoms with E-state index in [9.17, 15) is 9.90 Å². The van der Waals surface area contributed by atoms with E-state index in [-0.39, 0.29) is 5.75 Å². The minimum absolute atomic E-state index is 0.121. The van der Waals surface area contributed by atoms with Crippen LogP contribution in [0.3, 0.4) is 0 Å². The molecule has 0 saturated carbocycles. The number of ether oxygens (including phenoxy) is 1. The molecule has 3 heteroatoms. The van der Waals surface area contributed by atoms with E-state index in [1.807, 2.05) is 13.0 Å². The largest absolute Gasteiger partial charge is 0.507 e. The van der Waals surface area contributed by atoms with Crippen molar-refractivity contribution in [3.63, 3.8) is 0 Å². The highest BCUT2D eigenvalue weighted by molar-refractivity contribution is 5.92. The standard InChI is InChI=1S/C12H14O3/c1-4-5-9-6-7-10(12(14)15-3)8(2)11(9)13/h4-7,13H,1-3H3/b5-4+.